The number of fused-ring (bicyclic) bond motifs is 1. The number of pyridine rings is 1. The van der Waals surface area contributed by atoms with Gasteiger partial charge in [0.05, 0.1) is 79.0 Å². The highest BCUT2D eigenvalue weighted by atomic mass is 128. The first-order chi connectivity index (χ1) is 35.4. The first-order valence-corrected chi connectivity index (χ1v) is 48.4. The molecule has 0 bridgehead atoms. The van der Waals surface area contributed by atoms with Crippen LogP contribution in [0, 0.1) is 0 Å². The number of nitrogens with one attached hydrogen (secondary N) is 1. The lowest BCUT2D eigenvalue weighted by atomic mass is 8.77. The number of nitrogens with two attached hydrogens (primary N) is 2. The summed E-state index contributed by atoms with van der Waals surface area (Å²) in [7, 11) is 28.2. The molecule has 1 aromatic heterocycles. The molecule has 15 nitrogen and oxygen atoms in total. The Kier molecular flexibility index (Phi) is 82.5. The van der Waals surface area contributed by atoms with Crippen LogP contribution >= 0.6 is 221 Å². The molecule has 3 aromatic carbocycles. The molecular formula is C40H53B9Br3ClI9N4O11. The minimum atomic E-state index is -0.482. The molecule has 0 saturated heterocycles. The Morgan fingerprint density at radius 1 is 0.701 bits per heavy atom. The molecule has 0 unspecified atom stereocenters. The van der Waals surface area contributed by atoms with Gasteiger partial charge in [-0.2, -0.15) is 0 Å². The van der Waals surface area contributed by atoms with Gasteiger partial charge in [-0.05, 0) is 119 Å². The van der Waals surface area contributed by atoms with Crippen LogP contribution in [-0.4, -0.2) is 149 Å². The second-order valence-electron chi connectivity index (χ2n) is 12.4. The number of anilines is 1. The lowest BCUT2D eigenvalue weighted by Crippen LogP contribution is -3.00. The second-order valence-corrected chi connectivity index (χ2v) is 14.8. The number of nitrogen functional groups attached to an aromatic ring is 1. The Balaban J connectivity index is -0.000000127. The Labute approximate surface area is 606 Å². The molecule has 13 radical (unpaired) electrons. The molecule has 5 N–H and O–H groups in total. The van der Waals surface area contributed by atoms with Gasteiger partial charge in [0.25, 0.3) is 0 Å². The first-order valence-electron chi connectivity index (χ1n) is 20.8. The normalized spacial score (nSPS) is 8.79. The Bertz CT molecular complexity index is 2220. The van der Waals surface area contributed by atoms with Gasteiger partial charge in [-0.3, -0.25) is 14.4 Å². The van der Waals surface area contributed by atoms with Crippen molar-refractivity contribution in [1.82, 2.24) is 4.98 Å². The second kappa shape index (κ2) is 66.2. The largest absolute Gasteiger partial charge is 1.00 e. The van der Waals surface area contributed by atoms with Crippen LogP contribution in [-0.2, 0) is 28.5 Å². The van der Waals surface area contributed by atoms with Crippen LogP contribution < -0.4 is 47.9 Å². The van der Waals surface area contributed by atoms with E-state index in [2.05, 4.69) is 211 Å². The Morgan fingerprint density at radius 2 is 1.16 bits per heavy atom. The standard InChI is InChI=1S/C14H18BrNO4.C12H12BrNO3.C7H8BrNO.C7H13NO3.B8.B.ClH.4I2.HI/c1-4-19-12(9-13(17)20-5-2)16-10-7-6-8-11(18-3)14(10)15;1-3-17-10-6-8(15)7-4-5-9(16-2)11(13)12(7)14-10;1-10-6-4-2-3-5(9)7(6)8;1-3-10-6(8)5-7(9)11-4-2;1-5-8(4)6-7(2)3;;;4*1-2;/h6-8H,4-5,9H2,1-3H3;4-6H,3H2,1-2H3,(H,14,15);2-4H,9H2,1H3;8H,3-5H2,1-2H3;;;1H;;;;;1H. The Morgan fingerprint density at radius 3 is 1.57 bits per heavy atom. The number of benzene rings is 3. The van der Waals surface area contributed by atoms with E-state index in [0.717, 1.165) is 14.7 Å². The first kappa shape index (κ1) is 96.0. The number of carbonyl (C=O) groups is 2. The van der Waals surface area contributed by atoms with Crippen molar-refractivity contribution < 1.29 is 65.3 Å². The van der Waals surface area contributed by atoms with Crippen LogP contribution in [0.2, 0.25) is 0 Å². The van der Waals surface area contributed by atoms with Crippen molar-refractivity contribution in [2.75, 3.05) is 60.1 Å². The summed E-state index contributed by atoms with van der Waals surface area (Å²) >= 11 is 27.1. The maximum absolute atomic E-state index is 11.9. The molecule has 1 heterocycles. The van der Waals surface area contributed by atoms with E-state index in [1.165, 1.54) is 13.1 Å². The number of carbonyl (C=O) groups excluding carboxylic acids is 2. The van der Waals surface area contributed by atoms with Gasteiger partial charge in [-0.25, -0.2) is 10.4 Å². The van der Waals surface area contributed by atoms with Gasteiger partial charge in [0.1, 0.15) is 23.7 Å². The van der Waals surface area contributed by atoms with E-state index in [1.54, 1.807) is 67.4 Å². The molecule has 0 fully saturated rings. The summed E-state index contributed by atoms with van der Waals surface area (Å²) in [6, 6.07) is 15.9. The maximum Gasteiger partial charge on any atom is 0.344 e. The topological polar surface area (TPSA) is 205 Å². The lowest BCUT2D eigenvalue weighted by Gasteiger charge is -2.09. The van der Waals surface area contributed by atoms with Crippen molar-refractivity contribution >= 4 is 333 Å². The van der Waals surface area contributed by atoms with Gasteiger partial charge in [0.2, 0.25) is 0 Å². The molecule has 0 aliphatic heterocycles. The molecule has 4 aromatic rings. The average Bonchev–Trinajstić information content (AvgIpc) is 3.39. The molecule has 0 spiro atoms. The van der Waals surface area contributed by atoms with Crippen LogP contribution in [0.4, 0.5) is 11.4 Å². The van der Waals surface area contributed by atoms with Crippen molar-refractivity contribution in [2.24, 2.45) is 4.99 Å². The summed E-state index contributed by atoms with van der Waals surface area (Å²) in [5.74, 6) is 2.38. The summed E-state index contributed by atoms with van der Waals surface area (Å²) in [6.45, 7) is 11.1. The molecule has 77 heavy (non-hydrogen) atoms. The predicted molar refractivity (Wildman–Crippen MR) is 415 cm³/mol. The molecule has 4 rings (SSSR count). The number of hydrogen-bond acceptors (Lipinski definition) is 13. The summed E-state index contributed by atoms with van der Waals surface area (Å²) in [5.41, 5.74) is 7.50. The van der Waals surface area contributed by atoms with Crippen molar-refractivity contribution in [3.8, 4) is 23.1 Å². The van der Waals surface area contributed by atoms with E-state index in [4.69, 9.17) is 75.2 Å². The quantitative estimate of drug-likeness (QED) is 0.0227. The third-order valence-electron chi connectivity index (χ3n) is 7.56. The predicted octanol–water partition coefficient (Wildman–Crippen LogP) is 8.63. The number of aromatic amines is 1. The third-order valence-corrected chi connectivity index (χ3v) is 9.99. The number of aromatic nitrogens is 1. The minimum Gasteiger partial charge on any atom is -1.00 e. The van der Waals surface area contributed by atoms with E-state index in [9.17, 15) is 14.4 Å². The fourth-order valence-electron chi connectivity index (χ4n) is 4.73. The van der Waals surface area contributed by atoms with Gasteiger partial charge in [-0.15, -0.1) is 24.0 Å². The van der Waals surface area contributed by atoms with Gasteiger partial charge < -0.3 is 61.0 Å². The maximum atomic E-state index is 11.9. The van der Waals surface area contributed by atoms with Crippen molar-refractivity contribution in [3.05, 3.63) is 78.2 Å². The molecule has 0 saturated carbocycles. The van der Waals surface area contributed by atoms with Crippen LogP contribution in [0.3, 0.4) is 0 Å². The van der Waals surface area contributed by atoms with Crippen LogP contribution in [0.25, 0.3) is 10.9 Å². The molecule has 417 valence electrons. The van der Waals surface area contributed by atoms with E-state index in [0.29, 0.717) is 83.1 Å². The molecule has 0 atom stereocenters. The average molecular weight is 2280 g/mol. The third kappa shape index (κ3) is 47.5. The SMILES string of the molecule is CCOC(=O)CC(=Nc1cccc(OC)c1Br)OCC.CCOC(=[NH2+])CC(=O)OCC.CCOc1cc(=O)c2ccc(OC)c(Br)c2[nH]1.COc1cccc(N)c1Br.I.II.II.II.II.[B].[B][B]B([B])[B]B([B])[B].[Cl-]. The molecule has 0 aliphatic carbocycles. The summed E-state index contributed by atoms with van der Waals surface area (Å²) in [4.78, 5) is 41.5. The van der Waals surface area contributed by atoms with E-state index in [-0.39, 0.29) is 87.3 Å². The number of ether oxygens (including phenoxy) is 8. The number of esters is 2. The number of hydrogen-bond donors (Lipinski definition) is 3. The highest BCUT2D eigenvalue weighted by Crippen LogP contribution is 2.35. The number of rotatable bonds is 17. The van der Waals surface area contributed by atoms with Crippen LogP contribution in [0.15, 0.2) is 77.8 Å². The molecular weight excluding hydrogens is 2230 g/mol. The highest BCUT2D eigenvalue weighted by molar-refractivity contribution is 15.0. The van der Waals surface area contributed by atoms with Crippen molar-refractivity contribution in [1.29, 1.82) is 0 Å². The number of H-pyrrole nitrogens is 1. The van der Waals surface area contributed by atoms with Crippen molar-refractivity contribution in [2.45, 2.75) is 47.5 Å². The zero-order valence-corrected chi connectivity index (χ0v) is 68.0. The molecule has 0 aliphatic rings. The fourth-order valence-corrected chi connectivity index (χ4v) is 6.28. The number of aliphatic imine (C=N–C) groups is 1. The fraction of sp³-hybridized carbons (Fsp3) is 0.375. The highest BCUT2D eigenvalue weighted by Gasteiger charge is 2.14. The molecule has 0 amide bonds. The van der Waals surface area contributed by atoms with Crippen LogP contribution in [0.1, 0.15) is 47.5 Å². The van der Waals surface area contributed by atoms with Gasteiger partial charge >= 0.3 is 17.8 Å². The van der Waals surface area contributed by atoms with Gasteiger partial charge in [0.15, 0.2) is 23.6 Å². The van der Waals surface area contributed by atoms with E-state index < -0.39 is 6.39 Å². The van der Waals surface area contributed by atoms with E-state index >= 15 is 0 Å². The van der Waals surface area contributed by atoms with E-state index in [1.807, 2.05) is 44.2 Å². The number of halogens is 13. The summed E-state index contributed by atoms with van der Waals surface area (Å²) in [5, 5.41) is 5.91. The smallest absolute Gasteiger partial charge is 0.344 e. The zero-order valence-electron chi connectivity index (χ0n) is 42.9. The summed E-state index contributed by atoms with van der Waals surface area (Å²) in [6.07, 6.45) is -0.729. The summed E-state index contributed by atoms with van der Waals surface area (Å²) < 4.78 is 42.7. The minimum absolute atomic E-state index is 0. The van der Waals surface area contributed by atoms with Gasteiger partial charge in [-0.1, -0.05) is 12.1 Å². The van der Waals surface area contributed by atoms with Gasteiger partial charge in [0, 0.05) is 232 Å². The van der Waals surface area contributed by atoms with Crippen molar-refractivity contribution in [3.63, 3.8) is 0 Å². The Hall–Kier alpha value is 2.63. The van der Waals surface area contributed by atoms with Crippen LogP contribution in [0.5, 0.6) is 23.1 Å². The molecule has 37 heteroatoms. The zero-order chi connectivity index (χ0) is 58.2. The monoisotopic (exact) mass is 2280 g/mol. The number of methoxy groups -OCH3 is 3. The lowest BCUT2D eigenvalue weighted by molar-refractivity contribution is -0.154. The number of nitrogens with zero attached hydrogens (tertiary/aromatic N) is 1.